The number of thiol groups is 1. The van der Waals surface area contributed by atoms with Gasteiger partial charge in [0.15, 0.2) is 0 Å². The van der Waals surface area contributed by atoms with Gasteiger partial charge in [-0.2, -0.15) is 18.2 Å². The molecule has 0 saturated heterocycles. The zero-order chi connectivity index (χ0) is 11.6. The van der Waals surface area contributed by atoms with Crippen molar-refractivity contribution in [2.45, 2.75) is 11.1 Å². The number of carbonyl (C=O) groups excluding carboxylic acids is 1. The second kappa shape index (κ2) is 4.26. The Kier molecular flexibility index (Phi) is 3.44. The normalized spacial score (nSPS) is 11.0. The van der Waals surface area contributed by atoms with Crippen molar-refractivity contribution in [3.8, 4) is 0 Å². The van der Waals surface area contributed by atoms with Crippen LogP contribution >= 0.6 is 24.2 Å². The Balaban J connectivity index is 3.40. The number of aliphatic imine (C=N–C) groups is 1. The third kappa shape index (κ3) is 2.53. The molecule has 1 aromatic carbocycles. The Labute approximate surface area is 93.2 Å². The van der Waals surface area contributed by atoms with E-state index < -0.39 is 16.8 Å². The van der Waals surface area contributed by atoms with E-state index in [1.54, 1.807) is 0 Å². The molecule has 0 aliphatic rings. The molecule has 0 N–H and O–H groups in total. The van der Waals surface area contributed by atoms with Crippen LogP contribution in [0.2, 0.25) is 5.02 Å². The van der Waals surface area contributed by atoms with Gasteiger partial charge < -0.3 is 0 Å². The second-order valence-electron chi connectivity index (χ2n) is 2.50. The molecule has 15 heavy (non-hydrogen) atoms. The van der Waals surface area contributed by atoms with Crippen molar-refractivity contribution < 1.29 is 18.0 Å². The SMILES string of the molecule is O=C=Nc1ccc(C(F)(F)F)c(Cl)c1S. The molecule has 0 saturated carbocycles. The molecule has 0 atom stereocenters. The lowest BCUT2D eigenvalue weighted by Gasteiger charge is -2.10. The van der Waals surface area contributed by atoms with Crippen LogP contribution in [0.3, 0.4) is 0 Å². The summed E-state index contributed by atoms with van der Waals surface area (Å²) in [7, 11) is 0. The second-order valence-corrected chi connectivity index (χ2v) is 3.32. The zero-order valence-electron chi connectivity index (χ0n) is 6.97. The lowest BCUT2D eigenvalue weighted by atomic mass is 10.2. The van der Waals surface area contributed by atoms with Crippen LogP contribution in [0.1, 0.15) is 5.56 Å². The molecule has 0 aliphatic heterocycles. The predicted octanol–water partition coefficient (Wildman–Crippen LogP) is 3.61. The van der Waals surface area contributed by atoms with Gasteiger partial charge in [-0.1, -0.05) is 11.6 Å². The molecule has 80 valence electrons. The average Bonchev–Trinajstić information content (AvgIpc) is 2.11. The van der Waals surface area contributed by atoms with Gasteiger partial charge in [-0.3, -0.25) is 0 Å². The highest BCUT2D eigenvalue weighted by molar-refractivity contribution is 7.80. The molecule has 0 bridgehead atoms. The smallest absolute Gasteiger partial charge is 0.211 e. The van der Waals surface area contributed by atoms with Crippen LogP contribution in [0, 0.1) is 0 Å². The molecule has 0 radical (unpaired) electrons. The molecule has 2 nitrogen and oxygen atoms in total. The van der Waals surface area contributed by atoms with E-state index in [2.05, 4.69) is 17.6 Å². The van der Waals surface area contributed by atoms with E-state index in [4.69, 9.17) is 11.6 Å². The van der Waals surface area contributed by atoms with Crippen molar-refractivity contribution in [3.05, 3.63) is 22.7 Å². The van der Waals surface area contributed by atoms with Crippen molar-refractivity contribution >= 4 is 36.0 Å². The topological polar surface area (TPSA) is 29.4 Å². The predicted molar refractivity (Wildman–Crippen MR) is 51.5 cm³/mol. The standard InChI is InChI=1S/C8H3ClF3NOS/c9-6-4(8(10,11)12)1-2-5(7(6)15)13-3-14/h1-2,15H. The first-order valence-corrected chi connectivity index (χ1v) is 4.37. The summed E-state index contributed by atoms with van der Waals surface area (Å²) < 4.78 is 37.0. The van der Waals surface area contributed by atoms with Gasteiger partial charge >= 0.3 is 6.18 Å². The van der Waals surface area contributed by atoms with Crippen molar-refractivity contribution in [1.82, 2.24) is 0 Å². The van der Waals surface area contributed by atoms with Gasteiger partial charge in [-0.25, -0.2) is 4.79 Å². The summed E-state index contributed by atoms with van der Waals surface area (Å²) in [5, 5.41) is -0.581. The van der Waals surface area contributed by atoms with Crippen LogP contribution in [-0.2, 0) is 11.0 Å². The van der Waals surface area contributed by atoms with Gasteiger partial charge in [0, 0.05) is 0 Å². The van der Waals surface area contributed by atoms with Gasteiger partial charge in [-0.05, 0) is 12.1 Å². The highest BCUT2D eigenvalue weighted by Crippen LogP contribution is 2.40. The average molecular weight is 254 g/mol. The lowest BCUT2D eigenvalue weighted by Crippen LogP contribution is -2.05. The van der Waals surface area contributed by atoms with E-state index in [-0.39, 0.29) is 10.6 Å². The summed E-state index contributed by atoms with van der Waals surface area (Å²) in [5.41, 5.74) is -1.06. The molecule has 7 heteroatoms. The van der Waals surface area contributed by atoms with Gasteiger partial charge in [0.25, 0.3) is 0 Å². The van der Waals surface area contributed by atoms with E-state index in [0.717, 1.165) is 12.1 Å². The van der Waals surface area contributed by atoms with Crippen LogP contribution in [0.4, 0.5) is 18.9 Å². The molecule has 0 heterocycles. The Bertz CT molecular complexity index is 440. The van der Waals surface area contributed by atoms with Crippen LogP contribution < -0.4 is 0 Å². The molecular formula is C8H3ClF3NOS. The highest BCUT2D eigenvalue weighted by Gasteiger charge is 2.34. The third-order valence-corrected chi connectivity index (χ3v) is 2.54. The lowest BCUT2D eigenvalue weighted by molar-refractivity contribution is -0.137. The fraction of sp³-hybridized carbons (Fsp3) is 0.125. The minimum atomic E-state index is -4.56. The maximum atomic E-state index is 12.3. The quantitative estimate of drug-likeness (QED) is 0.462. The van der Waals surface area contributed by atoms with Crippen molar-refractivity contribution in [2.75, 3.05) is 0 Å². The van der Waals surface area contributed by atoms with E-state index in [9.17, 15) is 18.0 Å². The fourth-order valence-electron chi connectivity index (χ4n) is 0.913. The maximum absolute atomic E-state index is 12.3. The molecular weight excluding hydrogens is 251 g/mol. The maximum Gasteiger partial charge on any atom is 0.417 e. The number of alkyl halides is 3. The highest BCUT2D eigenvalue weighted by atomic mass is 35.5. The van der Waals surface area contributed by atoms with E-state index in [1.165, 1.54) is 6.08 Å². The van der Waals surface area contributed by atoms with Gasteiger partial charge in [0.1, 0.15) is 0 Å². The van der Waals surface area contributed by atoms with E-state index >= 15 is 0 Å². The van der Waals surface area contributed by atoms with Gasteiger partial charge in [-0.15, -0.1) is 12.6 Å². The number of isocyanates is 1. The van der Waals surface area contributed by atoms with Crippen LogP contribution in [0.5, 0.6) is 0 Å². The summed E-state index contributed by atoms with van der Waals surface area (Å²) in [4.78, 5) is 12.9. The minimum absolute atomic E-state index is 0.0497. The van der Waals surface area contributed by atoms with E-state index in [0.29, 0.717) is 0 Å². The Morgan fingerprint density at radius 1 is 1.40 bits per heavy atom. The van der Waals surface area contributed by atoms with Crippen molar-refractivity contribution in [3.63, 3.8) is 0 Å². The Morgan fingerprint density at radius 3 is 2.47 bits per heavy atom. The van der Waals surface area contributed by atoms with E-state index in [1.807, 2.05) is 0 Å². The molecule has 0 spiro atoms. The third-order valence-electron chi connectivity index (χ3n) is 1.57. The summed E-state index contributed by atoms with van der Waals surface area (Å²) in [6, 6.07) is 1.74. The van der Waals surface area contributed by atoms with Gasteiger partial charge in [0.05, 0.1) is 21.2 Å². The molecule has 1 aromatic rings. The van der Waals surface area contributed by atoms with Crippen LogP contribution in [0.15, 0.2) is 22.0 Å². The minimum Gasteiger partial charge on any atom is -0.211 e. The summed E-state index contributed by atoms with van der Waals surface area (Å²) >= 11 is 9.17. The fourth-order valence-corrected chi connectivity index (χ4v) is 1.42. The monoisotopic (exact) mass is 253 g/mol. The molecule has 0 unspecified atom stereocenters. The van der Waals surface area contributed by atoms with Crippen LogP contribution in [-0.4, -0.2) is 6.08 Å². The summed E-state index contributed by atoms with van der Waals surface area (Å²) in [6.07, 6.45) is -3.36. The number of hydrogen-bond acceptors (Lipinski definition) is 3. The molecule has 0 amide bonds. The molecule has 1 rings (SSSR count). The van der Waals surface area contributed by atoms with Crippen molar-refractivity contribution in [2.24, 2.45) is 4.99 Å². The molecule has 0 aliphatic carbocycles. The summed E-state index contributed by atoms with van der Waals surface area (Å²) in [6.45, 7) is 0. The molecule has 0 aromatic heterocycles. The van der Waals surface area contributed by atoms with Gasteiger partial charge in [0.2, 0.25) is 6.08 Å². The number of hydrogen-bond donors (Lipinski definition) is 1. The number of nitrogens with zero attached hydrogens (tertiary/aromatic N) is 1. The largest absolute Gasteiger partial charge is 0.417 e. The zero-order valence-corrected chi connectivity index (χ0v) is 8.62. The number of benzene rings is 1. The first-order valence-electron chi connectivity index (χ1n) is 3.54. The Morgan fingerprint density at radius 2 is 2.00 bits per heavy atom. The first kappa shape index (κ1) is 12.1. The first-order chi connectivity index (χ1) is 6.88. The number of rotatable bonds is 1. The summed E-state index contributed by atoms with van der Waals surface area (Å²) in [5.74, 6) is 0. The number of halogens is 4. The van der Waals surface area contributed by atoms with Crippen LogP contribution in [0.25, 0.3) is 0 Å². The molecule has 0 fully saturated rings. The van der Waals surface area contributed by atoms with Crippen molar-refractivity contribution in [1.29, 1.82) is 0 Å². The Hall–Kier alpha value is -0.970.